The normalized spacial score (nSPS) is 31.4. The van der Waals surface area contributed by atoms with Crippen molar-refractivity contribution in [1.29, 1.82) is 0 Å². The summed E-state index contributed by atoms with van der Waals surface area (Å²) in [5.41, 5.74) is 0. The maximum Gasteiger partial charge on any atom is 0.246 e. The van der Waals surface area contributed by atoms with Gasteiger partial charge in [0, 0.05) is 6.54 Å². The molecular formula is C13H22N2O2. The van der Waals surface area contributed by atoms with E-state index in [0.717, 1.165) is 13.0 Å². The van der Waals surface area contributed by atoms with Crippen molar-refractivity contribution in [2.75, 3.05) is 6.54 Å². The predicted octanol–water partition coefficient (Wildman–Crippen LogP) is 1.16. The van der Waals surface area contributed by atoms with Gasteiger partial charge in [0.15, 0.2) is 0 Å². The average Bonchev–Trinajstić information content (AvgIpc) is 3.12. The van der Waals surface area contributed by atoms with Crippen LogP contribution in [0.25, 0.3) is 0 Å². The molecule has 4 nitrogen and oxygen atoms in total. The highest BCUT2D eigenvalue weighted by molar-refractivity contribution is 5.96. The smallest absolute Gasteiger partial charge is 0.246 e. The summed E-state index contributed by atoms with van der Waals surface area (Å²) in [7, 11) is 0. The van der Waals surface area contributed by atoms with Gasteiger partial charge in [-0.1, -0.05) is 20.3 Å². The lowest BCUT2D eigenvalue weighted by atomic mass is 9.94. The van der Waals surface area contributed by atoms with E-state index in [1.807, 2.05) is 20.8 Å². The Hall–Kier alpha value is -1.06. The van der Waals surface area contributed by atoms with Crippen LogP contribution in [-0.2, 0) is 9.59 Å². The topological polar surface area (TPSA) is 49.4 Å². The number of amides is 2. The molecule has 0 aromatic carbocycles. The molecule has 1 aliphatic carbocycles. The van der Waals surface area contributed by atoms with Crippen molar-refractivity contribution in [3.05, 3.63) is 0 Å². The lowest BCUT2D eigenvalue weighted by Crippen LogP contribution is -2.64. The summed E-state index contributed by atoms with van der Waals surface area (Å²) in [5.74, 6) is 0.944. The van der Waals surface area contributed by atoms with E-state index in [2.05, 4.69) is 5.32 Å². The van der Waals surface area contributed by atoms with Crippen molar-refractivity contribution in [2.24, 2.45) is 11.8 Å². The highest BCUT2D eigenvalue weighted by Crippen LogP contribution is 2.31. The van der Waals surface area contributed by atoms with Crippen molar-refractivity contribution in [3.63, 3.8) is 0 Å². The molecule has 3 unspecified atom stereocenters. The Bertz CT molecular complexity index is 325. The second-order valence-electron chi connectivity index (χ2n) is 5.48. The lowest BCUT2D eigenvalue weighted by molar-refractivity contribution is -0.150. The summed E-state index contributed by atoms with van der Waals surface area (Å²) in [6, 6.07) is -0.620. The maximum absolute atomic E-state index is 12.4. The molecule has 2 rings (SSSR count). The first kappa shape index (κ1) is 12.4. The monoisotopic (exact) mass is 238 g/mol. The molecule has 0 aromatic rings. The summed E-state index contributed by atoms with van der Waals surface area (Å²) in [6.45, 7) is 6.66. The van der Waals surface area contributed by atoms with Gasteiger partial charge < -0.3 is 10.2 Å². The van der Waals surface area contributed by atoms with E-state index in [0.29, 0.717) is 5.92 Å². The molecule has 1 N–H and O–H groups in total. The van der Waals surface area contributed by atoms with Crippen LogP contribution in [0.5, 0.6) is 0 Å². The molecule has 3 atom stereocenters. The minimum atomic E-state index is -0.317. The molecular weight excluding hydrogens is 216 g/mol. The molecule has 2 fully saturated rings. The number of nitrogens with one attached hydrogen (secondary N) is 1. The Balaban J connectivity index is 2.11. The van der Waals surface area contributed by atoms with E-state index in [1.165, 1.54) is 12.8 Å². The minimum Gasteiger partial charge on any atom is -0.342 e. The van der Waals surface area contributed by atoms with Crippen LogP contribution in [0.15, 0.2) is 0 Å². The molecule has 0 bridgehead atoms. The van der Waals surface area contributed by atoms with Crippen molar-refractivity contribution in [1.82, 2.24) is 10.2 Å². The highest BCUT2D eigenvalue weighted by Gasteiger charge is 2.41. The molecule has 0 aromatic heterocycles. The number of hydrogen-bond donors (Lipinski definition) is 1. The number of carbonyl (C=O) groups is 2. The average molecular weight is 238 g/mol. The Kier molecular flexibility index (Phi) is 3.40. The summed E-state index contributed by atoms with van der Waals surface area (Å²) < 4.78 is 0. The third-order valence-electron chi connectivity index (χ3n) is 4.06. The predicted molar refractivity (Wildman–Crippen MR) is 65.3 cm³/mol. The Morgan fingerprint density at radius 1 is 1.41 bits per heavy atom. The lowest BCUT2D eigenvalue weighted by Gasteiger charge is -2.39. The van der Waals surface area contributed by atoms with Gasteiger partial charge in [-0.2, -0.15) is 0 Å². The van der Waals surface area contributed by atoms with Gasteiger partial charge in [-0.15, -0.1) is 0 Å². The van der Waals surface area contributed by atoms with E-state index < -0.39 is 0 Å². The minimum absolute atomic E-state index is 0.00412. The van der Waals surface area contributed by atoms with Gasteiger partial charge in [0.2, 0.25) is 11.8 Å². The second-order valence-corrected chi connectivity index (χ2v) is 5.48. The molecule has 2 aliphatic rings. The Morgan fingerprint density at radius 3 is 2.59 bits per heavy atom. The second kappa shape index (κ2) is 4.67. The molecule has 1 saturated carbocycles. The van der Waals surface area contributed by atoms with Crippen molar-refractivity contribution >= 4 is 11.8 Å². The van der Waals surface area contributed by atoms with Crippen LogP contribution in [-0.4, -0.2) is 35.3 Å². The first-order valence-electron chi connectivity index (χ1n) is 6.65. The SMILES string of the molecule is CCC(C)C1NC(=O)C(C)N(CC2CC2)C1=O. The first-order chi connectivity index (χ1) is 8.04. The quantitative estimate of drug-likeness (QED) is 0.799. The van der Waals surface area contributed by atoms with Gasteiger partial charge in [-0.05, 0) is 31.6 Å². The zero-order valence-corrected chi connectivity index (χ0v) is 10.9. The van der Waals surface area contributed by atoms with Crippen LogP contribution in [0.4, 0.5) is 0 Å². The Morgan fingerprint density at radius 2 is 2.06 bits per heavy atom. The van der Waals surface area contributed by atoms with Crippen molar-refractivity contribution in [2.45, 2.75) is 52.1 Å². The molecule has 2 amide bonds. The van der Waals surface area contributed by atoms with Gasteiger partial charge in [-0.3, -0.25) is 9.59 Å². The fraction of sp³-hybridized carbons (Fsp3) is 0.846. The molecule has 0 radical (unpaired) electrons. The molecule has 4 heteroatoms. The summed E-state index contributed by atoms with van der Waals surface area (Å²) in [5, 5.41) is 2.86. The molecule has 1 heterocycles. The van der Waals surface area contributed by atoms with Crippen LogP contribution < -0.4 is 5.32 Å². The number of rotatable bonds is 4. The van der Waals surface area contributed by atoms with E-state index >= 15 is 0 Å². The summed E-state index contributed by atoms with van der Waals surface area (Å²) in [4.78, 5) is 26.0. The number of hydrogen-bond acceptors (Lipinski definition) is 2. The van der Waals surface area contributed by atoms with Gasteiger partial charge in [0.25, 0.3) is 0 Å². The van der Waals surface area contributed by atoms with Crippen LogP contribution in [0.1, 0.15) is 40.0 Å². The molecule has 96 valence electrons. The fourth-order valence-corrected chi connectivity index (χ4v) is 2.29. The molecule has 17 heavy (non-hydrogen) atoms. The van der Waals surface area contributed by atoms with E-state index in [1.54, 1.807) is 4.90 Å². The third-order valence-corrected chi connectivity index (χ3v) is 4.06. The van der Waals surface area contributed by atoms with Gasteiger partial charge in [0.1, 0.15) is 12.1 Å². The van der Waals surface area contributed by atoms with Crippen molar-refractivity contribution < 1.29 is 9.59 Å². The van der Waals surface area contributed by atoms with Gasteiger partial charge >= 0.3 is 0 Å². The zero-order chi connectivity index (χ0) is 12.6. The van der Waals surface area contributed by atoms with Crippen LogP contribution in [0, 0.1) is 11.8 Å². The van der Waals surface area contributed by atoms with Crippen molar-refractivity contribution in [3.8, 4) is 0 Å². The largest absolute Gasteiger partial charge is 0.342 e. The summed E-state index contributed by atoms with van der Waals surface area (Å²) >= 11 is 0. The van der Waals surface area contributed by atoms with Crippen LogP contribution in [0.3, 0.4) is 0 Å². The van der Waals surface area contributed by atoms with E-state index in [-0.39, 0.29) is 29.8 Å². The first-order valence-corrected chi connectivity index (χ1v) is 6.65. The van der Waals surface area contributed by atoms with Crippen LogP contribution in [0.2, 0.25) is 0 Å². The highest BCUT2D eigenvalue weighted by atomic mass is 16.2. The standard InChI is InChI=1S/C13H22N2O2/c1-4-8(2)11-13(17)15(7-10-5-6-10)9(3)12(16)14-11/h8-11H,4-7H2,1-3H3,(H,14,16). The third kappa shape index (κ3) is 2.45. The zero-order valence-electron chi connectivity index (χ0n) is 10.9. The summed E-state index contributed by atoms with van der Waals surface area (Å²) in [6.07, 6.45) is 3.31. The maximum atomic E-state index is 12.4. The van der Waals surface area contributed by atoms with Crippen LogP contribution >= 0.6 is 0 Å². The molecule has 0 spiro atoms. The number of nitrogens with zero attached hydrogens (tertiary/aromatic N) is 1. The fourth-order valence-electron chi connectivity index (χ4n) is 2.29. The van der Waals surface area contributed by atoms with E-state index in [4.69, 9.17) is 0 Å². The van der Waals surface area contributed by atoms with Gasteiger partial charge in [-0.25, -0.2) is 0 Å². The number of piperazine rings is 1. The molecule has 1 aliphatic heterocycles. The van der Waals surface area contributed by atoms with E-state index in [9.17, 15) is 9.59 Å². The van der Waals surface area contributed by atoms with Gasteiger partial charge in [0.05, 0.1) is 0 Å². The molecule has 1 saturated heterocycles. The number of carbonyl (C=O) groups excluding carboxylic acids is 2. The Labute approximate surface area is 103 Å².